The molecule has 0 saturated heterocycles. The zero-order chi connectivity index (χ0) is 25.5. The van der Waals surface area contributed by atoms with Crippen LogP contribution < -0.4 is 4.57 Å². The molecule has 0 bridgehead atoms. The minimum absolute atomic E-state index is 0.0411. The van der Waals surface area contributed by atoms with Crippen molar-refractivity contribution < 1.29 is 4.57 Å². The highest BCUT2D eigenvalue weighted by Crippen LogP contribution is 2.51. The van der Waals surface area contributed by atoms with Gasteiger partial charge in [-0.25, -0.2) is 4.57 Å². The molecule has 36 heavy (non-hydrogen) atoms. The number of rotatable bonds is 7. The summed E-state index contributed by atoms with van der Waals surface area (Å²) in [6, 6.07) is 24.8. The van der Waals surface area contributed by atoms with Gasteiger partial charge in [0, 0.05) is 5.41 Å². The summed E-state index contributed by atoms with van der Waals surface area (Å²) in [5, 5.41) is 0. The van der Waals surface area contributed by atoms with Gasteiger partial charge in [-0.05, 0) is 78.1 Å². The van der Waals surface area contributed by atoms with Crippen LogP contribution in [0.5, 0.6) is 0 Å². The molecule has 0 N–H and O–H groups in total. The van der Waals surface area contributed by atoms with E-state index in [1.807, 2.05) is 0 Å². The van der Waals surface area contributed by atoms with Crippen molar-refractivity contribution in [3.63, 3.8) is 0 Å². The van der Waals surface area contributed by atoms with Crippen molar-refractivity contribution >= 4 is 0 Å². The quantitative estimate of drug-likeness (QED) is 0.236. The molecule has 0 spiro atoms. The van der Waals surface area contributed by atoms with E-state index in [9.17, 15) is 0 Å². The summed E-state index contributed by atoms with van der Waals surface area (Å²) in [7, 11) is 0. The molecule has 2 nitrogen and oxygen atoms in total. The number of aromatic nitrogens is 2. The molecule has 0 radical (unpaired) electrons. The minimum Gasteiger partial charge on any atom is -0.223 e. The molecule has 1 aromatic heterocycles. The molecular weight excluding hydrogens is 436 g/mol. The van der Waals surface area contributed by atoms with Crippen molar-refractivity contribution in [2.45, 2.75) is 84.6 Å². The average Bonchev–Trinajstić information content (AvgIpc) is 3.38. The van der Waals surface area contributed by atoms with E-state index in [4.69, 9.17) is 0 Å². The first-order chi connectivity index (χ1) is 17.5. The highest BCUT2D eigenvalue weighted by molar-refractivity contribution is 5.71. The Balaban J connectivity index is 1.83. The van der Waals surface area contributed by atoms with Crippen LogP contribution in [0, 0.1) is 0 Å². The van der Waals surface area contributed by atoms with Gasteiger partial charge in [0.15, 0.2) is 0 Å². The van der Waals surface area contributed by atoms with Crippen molar-refractivity contribution in [2.24, 2.45) is 0 Å². The predicted octanol–water partition coefficient (Wildman–Crippen LogP) is 8.42. The van der Waals surface area contributed by atoms with Crippen LogP contribution in [0.4, 0.5) is 0 Å². The molecule has 0 saturated carbocycles. The zero-order valence-corrected chi connectivity index (χ0v) is 22.9. The van der Waals surface area contributed by atoms with Gasteiger partial charge in [0.25, 0.3) is 5.82 Å². The number of fused-ring (bicyclic) bond motifs is 3. The Kier molecular flexibility index (Phi) is 6.41. The summed E-state index contributed by atoms with van der Waals surface area (Å²) in [6.45, 7) is 14.2. The van der Waals surface area contributed by atoms with Gasteiger partial charge in [0.2, 0.25) is 0 Å². The Morgan fingerprint density at radius 2 is 1.33 bits per heavy atom. The molecule has 2 heterocycles. The molecule has 0 aliphatic carbocycles. The number of aryl methyl sites for hydroxylation is 2. The molecule has 0 fully saturated rings. The fourth-order valence-corrected chi connectivity index (χ4v) is 7.15. The van der Waals surface area contributed by atoms with Gasteiger partial charge in [0.05, 0.1) is 5.56 Å². The minimum atomic E-state index is 0.0411. The van der Waals surface area contributed by atoms with E-state index >= 15 is 0 Å². The highest BCUT2D eigenvalue weighted by Gasteiger charge is 2.56. The Hall–Kier alpha value is -3.13. The molecule has 2 heteroatoms. The van der Waals surface area contributed by atoms with Gasteiger partial charge in [-0.2, -0.15) is 4.57 Å². The Labute approximate surface area is 217 Å². The second-order valence-corrected chi connectivity index (χ2v) is 10.5. The van der Waals surface area contributed by atoms with Gasteiger partial charge in [-0.3, -0.25) is 0 Å². The SMILES string of the molecule is CCc1cc(-c2ccccc2)cc(CC)c1-n1cc[n+]2c1-c1ccccc1C(C)(CC)C2(CC)CC. The summed E-state index contributed by atoms with van der Waals surface area (Å²) in [6.07, 6.45) is 10.1. The van der Waals surface area contributed by atoms with Crippen LogP contribution in [0.25, 0.3) is 28.2 Å². The standard InChI is InChI=1S/C34H41N2/c1-7-25-23-28(27-17-13-12-14-18-27)24-26(8-2)31(25)35-21-22-36-32(35)29-19-15-16-20-30(29)33(6,9-3)34(36,10-4)11-5/h12-24H,7-11H2,1-6H3/q+1. The van der Waals surface area contributed by atoms with Gasteiger partial charge >= 0.3 is 0 Å². The number of imidazole rings is 1. The first-order valence-corrected chi connectivity index (χ1v) is 13.9. The van der Waals surface area contributed by atoms with Crippen molar-refractivity contribution in [2.75, 3.05) is 0 Å². The second-order valence-electron chi connectivity index (χ2n) is 10.5. The van der Waals surface area contributed by atoms with Crippen LogP contribution in [0.2, 0.25) is 0 Å². The molecule has 1 unspecified atom stereocenters. The topological polar surface area (TPSA) is 8.81 Å². The van der Waals surface area contributed by atoms with Crippen LogP contribution >= 0.6 is 0 Å². The lowest BCUT2D eigenvalue weighted by atomic mass is 9.59. The number of hydrogen-bond acceptors (Lipinski definition) is 0. The number of hydrogen-bond donors (Lipinski definition) is 0. The molecule has 3 aromatic carbocycles. The lowest BCUT2D eigenvalue weighted by molar-refractivity contribution is -0.768. The molecule has 4 aromatic rings. The van der Waals surface area contributed by atoms with E-state index in [0.29, 0.717) is 0 Å². The van der Waals surface area contributed by atoms with Gasteiger partial charge in [0.1, 0.15) is 23.6 Å². The van der Waals surface area contributed by atoms with E-state index < -0.39 is 0 Å². The van der Waals surface area contributed by atoms with E-state index in [1.54, 1.807) is 0 Å². The molecule has 1 aliphatic heterocycles. The summed E-state index contributed by atoms with van der Waals surface area (Å²) in [5.74, 6) is 1.33. The van der Waals surface area contributed by atoms with Crippen molar-refractivity contribution in [1.29, 1.82) is 0 Å². The van der Waals surface area contributed by atoms with E-state index in [2.05, 4.69) is 130 Å². The van der Waals surface area contributed by atoms with E-state index in [1.165, 1.54) is 44.9 Å². The third kappa shape index (κ3) is 3.34. The van der Waals surface area contributed by atoms with Gasteiger partial charge < -0.3 is 0 Å². The van der Waals surface area contributed by atoms with Gasteiger partial charge in [-0.15, -0.1) is 0 Å². The van der Waals surface area contributed by atoms with Gasteiger partial charge in [-0.1, -0.05) is 90.1 Å². The maximum Gasteiger partial charge on any atom is 0.294 e. The lowest BCUT2D eigenvalue weighted by Crippen LogP contribution is -2.68. The van der Waals surface area contributed by atoms with Crippen molar-refractivity contribution in [1.82, 2.24) is 4.57 Å². The largest absolute Gasteiger partial charge is 0.294 e. The Bertz CT molecular complexity index is 1350. The van der Waals surface area contributed by atoms with E-state index in [-0.39, 0.29) is 11.0 Å². The second kappa shape index (κ2) is 9.39. The summed E-state index contributed by atoms with van der Waals surface area (Å²) in [4.78, 5) is 0. The molecule has 1 aliphatic rings. The summed E-state index contributed by atoms with van der Waals surface area (Å²) in [5.41, 5.74) is 9.78. The van der Waals surface area contributed by atoms with Crippen LogP contribution in [-0.4, -0.2) is 4.57 Å². The molecular formula is C34H41N2+. The third-order valence-electron chi connectivity index (χ3n) is 9.33. The predicted molar refractivity (Wildman–Crippen MR) is 152 cm³/mol. The van der Waals surface area contributed by atoms with E-state index in [0.717, 1.165) is 32.1 Å². The Morgan fingerprint density at radius 3 is 1.92 bits per heavy atom. The Morgan fingerprint density at radius 1 is 0.722 bits per heavy atom. The fraction of sp³-hybridized carbons (Fsp3) is 0.382. The van der Waals surface area contributed by atoms with Crippen LogP contribution in [-0.2, 0) is 23.8 Å². The maximum absolute atomic E-state index is 2.64. The van der Waals surface area contributed by atoms with Crippen molar-refractivity contribution in [3.05, 3.63) is 95.8 Å². The number of benzene rings is 3. The van der Waals surface area contributed by atoms with Crippen LogP contribution in [0.3, 0.4) is 0 Å². The summed E-state index contributed by atoms with van der Waals surface area (Å²) < 4.78 is 5.16. The average molecular weight is 478 g/mol. The monoisotopic (exact) mass is 477 g/mol. The molecule has 0 amide bonds. The van der Waals surface area contributed by atoms with Crippen LogP contribution in [0.1, 0.15) is 77.5 Å². The van der Waals surface area contributed by atoms with Crippen LogP contribution in [0.15, 0.2) is 79.1 Å². The normalized spacial score (nSPS) is 18.1. The fourth-order valence-electron chi connectivity index (χ4n) is 7.15. The maximum atomic E-state index is 2.64. The molecule has 1 atom stereocenters. The first kappa shape index (κ1) is 24.6. The molecule has 5 rings (SSSR count). The smallest absolute Gasteiger partial charge is 0.223 e. The molecule has 186 valence electrons. The lowest BCUT2D eigenvalue weighted by Gasteiger charge is -2.49. The highest BCUT2D eigenvalue weighted by atomic mass is 15.2. The zero-order valence-electron chi connectivity index (χ0n) is 22.9. The summed E-state index contributed by atoms with van der Waals surface area (Å²) >= 11 is 0. The first-order valence-electron chi connectivity index (χ1n) is 13.9. The van der Waals surface area contributed by atoms with Crippen molar-refractivity contribution in [3.8, 4) is 28.2 Å². The third-order valence-corrected chi connectivity index (χ3v) is 9.33. The number of nitrogens with zero attached hydrogens (tertiary/aromatic N) is 2.